The molecular formula is C15H23ClN2O5. The normalized spacial score (nSPS) is 13.1. The van der Waals surface area contributed by atoms with E-state index in [1.165, 1.54) is 0 Å². The fraction of sp³-hybridized carbons (Fsp3) is 0.533. The topological polar surface area (TPSA) is 89.1 Å². The van der Waals surface area contributed by atoms with Crippen LogP contribution in [0.25, 0.3) is 0 Å². The van der Waals surface area contributed by atoms with E-state index in [2.05, 4.69) is 10.6 Å². The zero-order chi connectivity index (χ0) is 15.8. The van der Waals surface area contributed by atoms with Crippen molar-refractivity contribution in [1.29, 1.82) is 0 Å². The molecule has 1 aliphatic rings. The average molecular weight is 347 g/mol. The maximum Gasteiger partial charge on any atom is 0.231 e. The third-order valence-electron chi connectivity index (χ3n) is 3.15. The van der Waals surface area contributed by atoms with Gasteiger partial charge in [0, 0.05) is 19.0 Å². The first kappa shape index (κ1) is 19.3. The summed E-state index contributed by atoms with van der Waals surface area (Å²) in [7, 11) is 1.84. The molecule has 1 aromatic carbocycles. The molecule has 1 aliphatic heterocycles. The van der Waals surface area contributed by atoms with Crippen LogP contribution in [0.4, 0.5) is 0 Å². The molecule has 2 rings (SSSR count). The molecule has 3 N–H and O–H groups in total. The van der Waals surface area contributed by atoms with Crippen molar-refractivity contribution in [2.75, 3.05) is 33.5 Å². The van der Waals surface area contributed by atoms with Crippen LogP contribution in [0.2, 0.25) is 0 Å². The Labute approximate surface area is 141 Å². The zero-order valence-electron chi connectivity index (χ0n) is 13.0. The number of hydrogen-bond donors (Lipinski definition) is 3. The Morgan fingerprint density at radius 2 is 2.17 bits per heavy atom. The third kappa shape index (κ3) is 6.52. The van der Waals surface area contributed by atoms with Crippen LogP contribution in [0.1, 0.15) is 12.8 Å². The summed E-state index contributed by atoms with van der Waals surface area (Å²) in [6.45, 7) is 1.27. The van der Waals surface area contributed by atoms with Gasteiger partial charge in [-0.3, -0.25) is 4.79 Å². The van der Waals surface area contributed by atoms with Crippen LogP contribution >= 0.6 is 12.4 Å². The molecular weight excluding hydrogens is 324 g/mol. The molecule has 8 heteroatoms. The molecule has 0 saturated heterocycles. The van der Waals surface area contributed by atoms with E-state index in [1.807, 2.05) is 7.05 Å². The lowest BCUT2D eigenvalue weighted by Crippen LogP contribution is -2.35. The van der Waals surface area contributed by atoms with E-state index in [0.29, 0.717) is 23.7 Å². The minimum atomic E-state index is -0.765. The highest BCUT2D eigenvalue weighted by atomic mass is 35.5. The molecule has 0 aromatic heterocycles. The Morgan fingerprint density at radius 1 is 1.39 bits per heavy atom. The minimum absolute atomic E-state index is 0. The van der Waals surface area contributed by atoms with Crippen LogP contribution in [0.5, 0.6) is 17.2 Å². The molecule has 7 nitrogen and oxygen atoms in total. The Kier molecular flexibility index (Phi) is 8.53. The first-order valence-corrected chi connectivity index (χ1v) is 7.31. The number of halogens is 1. The molecule has 0 radical (unpaired) electrons. The van der Waals surface area contributed by atoms with Crippen LogP contribution < -0.4 is 24.8 Å². The maximum absolute atomic E-state index is 11.5. The number of amides is 1. The molecule has 1 heterocycles. The van der Waals surface area contributed by atoms with Gasteiger partial charge in [-0.2, -0.15) is 0 Å². The van der Waals surface area contributed by atoms with Crippen molar-refractivity contribution in [3.05, 3.63) is 18.2 Å². The van der Waals surface area contributed by atoms with Crippen molar-refractivity contribution in [2.24, 2.45) is 0 Å². The second-order valence-corrected chi connectivity index (χ2v) is 4.99. The summed E-state index contributed by atoms with van der Waals surface area (Å²) in [4.78, 5) is 11.5. The smallest absolute Gasteiger partial charge is 0.231 e. The molecule has 1 aromatic rings. The van der Waals surface area contributed by atoms with Crippen molar-refractivity contribution in [3.63, 3.8) is 0 Å². The molecule has 0 saturated carbocycles. The molecule has 0 fully saturated rings. The molecule has 0 aliphatic carbocycles. The van der Waals surface area contributed by atoms with Gasteiger partial charge >= 0.3 is 0 Å². The van der Waals surface area contributed by atoms with Crippen LogP contribution in [0.3, 0.4) is 0 Å². The van der Waals surface area contributed by atoms with E-state index in [-0.39, 0.29) is 38.3 Å². The Morgan fingerprint density at radius 3 is 2.96 bits per heavy atom. The maximum atomic E-state index is 11.5. The first-order chi connectivity index (χ1) is 10.7. The highest BCUT2D eigenvalue weighted by Crippen LogP contribution is 2.35. The molecule has 23 heavy (non-hydrogen) atoms. The largest absolute Gasteiger partial charge is 0.491 e. The van der Waals surface area contributed by atoms with Gasteiger partial charge in [0.2, 0.25) is 12.7 Å². The van der Waals surface area contributed by atoms with Gasteiger partial charge in [0.25, 0.3) is 0 Å². The van der Waals surface area contributed by atoms with Gasteiger partial charge in [0.05, 0.1) is 0 Å². The Hall–Kier alpha value is -1.70. The number of rotatable bonds is 9. The number of hydrogen-bond acceptors (Lipinski definition) is 6. The lowest BCUT2D eigenvalue weighted by atomic mass is 10.3. The highest BCUT2D eigenvalue weighted by molar-refractivity contribution is 5.85. The average Bonchev–Trinajstić information content (AvgIpc) is 2.98. The van der Waals surface area contributed by atoms with E-state index >= 15 is 0 Å². The van der Waals surface area contributed by atoms with Crippen molar-refractivity contribution in [1.82, 2.24) is 10.6 Å². The monoisotopic (exact) mass is 346 g/mol. The lowest BCUT2D eigenvalue weighted by Gasteiger charge is -2.13. The van der Waals surface area contributed by atoms with E-state index in [0.717, 1.165) is 13.0 Å². The lowest BCUT2D eigenvalue weighted by molar-refractivity contribution is -0.121. The SMILES string of the molecule is CNCCCC(=O)NCC(O)COc1ccc2c(c1)OCO2.Cl. The second-order valence-electron chi connectivity index (χ2n) is 4.99. The zero-order valence-corrected chi connectivity index (χ0v) is 13.9. The molecule has 1 atom stereocenters. The van der Waals surface area contributed by atoms with Gasteiger partial charge in [-0.25, -0.2) is 0 Å². The van der Waals surface area contributed by atoms with Crippen molar-refractivity contribution in [2.45, 2.75) is 18.9 Å². The number of aliphatic hydroxyl groups excluding tert-OH is 1. The van der Waals surface area contributed by atoms with Crippen LogP contribution in [0, 0.1) is 0 Å². The summed E-state index contributed by atoms with van der Waals surface area (Å²) < 4.78 is 15.9. The number of ether oxygens (including phenoxy) is 3. The number of nitrogens with one attached hydrogen (secondary N) is 2. The predicted octanol–water partition coefficient (Wildman–Crippen LogP) is 0.693. The van der Waals surface area contributed by atoms with Gasteiger partial charge < -0.3 is 30.0 Å². The van der Waals surface area contributed by atoms with E-state index in [4.69, 9.17) is 14.2 Å². The standard InChI is InChI=1S/C15H22N2O5.ClH/c1-16-6-2-3-15(19)17-8-11(18)9-20-12-4-5-13-14(7-12)22-10-21-13;/h4-5,7,11,16,18H,2-3,6,8-10H2,1H3,(H,17,19);1H. The summed E-state index contributed by atoms with van der Waals surface area (Å²) in [6, 6.07) is 5.22. The van der Waals surface area contributed by atoms with Gasteiger partial charge in [0.1, 0.15) is 18.5 Å². The molecule has 130 valence electrons. The Balaban J connectivity index is 0.00000264. The van der Waals surface area contributed by atoms with Crippen LogP contribution in [0.15, 0.2) is 18.2 Å². The fourth-order valence-corrected chi connectivity index (χ4v) is 1.96. The van der Waals surface area contributed by atoms with E-state index in [9.17, 15) is 9.90 Å². The molecule has 1 amide bonds. The van der Waals surface area contributed by atoms with Crippen molar-refractivity contribution >= 4 is 18.3 Å². The van der Waals surface area contributed by atoms with Crippen LogP contribution in [-0.4, -0.2) is 50.7 Å². The summed E-state index contributed by atoms with van der Waals surface area (Å²) in [5.74, 6) is 1.83. The number of aliphatic hydroxyl groups is 1. The van der Waals surface area contributed by atoms with Gasteiger partial charge in [-0.05, 0) is 32.1 Å². The molecule has 1 unspecified atom stereocenters. The second kappa shape index (κ2) is 10.1. The highest BCUT2D eigenvalue weighted by Gasteiger charge is 2.14. The van der Waals surface area contributed by atoms with Crippen molar-refractivity contribution in [3.8, 4) is 17.2 Å². The summed E-state index contributed by atoms with van der Waals surface area (Å²) in [5, 5.41) is 15.5. The molecule has 0 spiro atoms. The molecule has 0 bridgehead atoms. The summed E-state index contributed by atoms with van der Waals surface area (Å²) in [6.07, 6.45) is 0.446. The van der Waals surface area contributed by atoms with Gasteiger partial charge in [0.15, 0.2) is 11.5 Å². The number of fused-ring (bicyclic) bond motifs is 1. The van der Waals surface area contributed by atoms with Crippen LogP contribution in [-0.2, 0) is 4.79 Å². The quantitative estimate of drug-likeness (QED) is 0.570. The minimum Gasteiger partial charge on any atom is -0.491 e. The number of carbonyl (C=O) groups is 1. The first-order valence-electron chi connectivity index (χ1n) is 7.31. The van der Waals surface area contributed by atoms with Gasteiger partial charge in [-0.15, -0.1) is 12.4 Å². The Bertz CT molecular complexity index is 501. The number of benzene rings is 1. The predicted molar refractivity (Wildman–Crippen MR) is 87.5 cm³/mol. The van der Waals surface area contributed by atoms with Crippen molar-refractivity contribution < 1.29 is 24.1 Å². The summed E-state index contributed by atoms with van der Waals surface area (Å²) in [5.41, 5.74) is 0. The number of carbonyl (C=O) groups excluding carboxylic acids is 1. The van der Waals surface area contributed by atoms with E-state index < -0.39 is 6.10 Å². The van der Waals surface area contributed by atoms with E-state index in [1.54, 1.807) is 18.2 Å². The van der Waals surface area contributed by atoms with Gasteiger partial charge in [-0.1, -0.05) is 0 Å². The third-order valence-corrected chi connectivity index (χ3v) is 3.15. The summed E-state index contributed by atoms with van der Waals surface area (Å²) >= 11 is 0. The fourth-order valence-electron chi connectivity index (χ4n) is 1.96.